The average Bonchev–Trinajstić information content (AvgIpc) is 3.74. The monoisotopic (exact) mass is 564 g/mol. The lowest BCUT2D eigenvalue weighted by Crippen LogP contribution is -2.45. The number of nitrogens with zero attached hydrogens (tertiary/aromatic N) is 4. The molecule has 7 rings (SSSR count). The molecule has 2 fully saturated rings. The van der Waals surface area contributed by atoms with Crippen molar-refractivity contribution in [3.05, 3.63) is 77.0 Å². The van der Waals surface area contributed by atoms with Crippen LogP contribution in [0, 0.1) is 17.6 Å². The number of pyridine rings is 1. The van der Waals surface area contributed by atoms with Crippen LogP contribution in [0.1, 0.15) is 67.1 Å². The lowest BCUT2D eigenvalue weighted by Gasteiger charge is -2.35. The van der Waals surface area contributed by atoms with Gasteiger partial charge >= 0.3 is 0 Å². The minimum Gasteiger partial charge on any atom is -0.345 e. The molecule has 3 aromatic rings. The minimum absolute atomic E-state index is 0.0248. The number of carbonyl (C=O) groups excluding carboxylic acids is 2. The summed E-state index contributed by atoms with van der Waals surface area (Å²) in [4.78, 5) is 33.3. The van der Waals surface area contributed by atoms with Gasteiger partial charge in [0, 0.05) is 55.6 Å². The molecule has 1 unspecified atom stereocenters. The molecule has 2 amide bonds. The van der Waals surface area contributed by atoms with Crippen LogP contribution in [-0.2, 0) is 34.4 Å². The highest BCUT2D eigenvalue weighted by Crippen LogP contribution is 2.43. The summed E-state index contributed by atoms with van der Waals surface area (Å²) in [5.41, 5.74) is 6.79. The zero-order valence-electron chi connectivity index (χ0n) is 23.5. The van der Waals surface area contributed by atoms with E-state index < -0.39 is 17.0 Å². The van der Waals surface area contributed by atoms with Crippen LogP contribution < -0.4 is 11.1 Å². The van der Waals surface area contributed by atoms with E-state index in [1.165, 1.54) is 31.6 Å². The van der Waals surface area contributed by atoms with Gasteiger partial charge in [-0.25, -0.2) is 18.7 Å². The number of halogens is 2. The molecule has 10 heteroatoms. The molecule has 0 bridgehead atoms. The fraction of sp³-hybridized carbons (Fsp3) is 0.484. The minimum atomic E-state index is -0.745. The number of aryl methyl sites for hydroxylation is 1. The van der Waals surface area contributed by atoms with E-state index >= 15 is 0 Å². The van der Waals surface area contributed by atoms with Gasteiger partial charge < -0.3 is 20.5 Å². The fourth-order valence-corrected chi connectivity index (χ4v) is 6.31. The Kier molecular flexibility index (Phi) is 8.77. The average molecular weight is 565 g/mol. The van der Waals surface area contributed by atoms with Crippen LogP contribution in [0.25, 0.3) is 0 Å². The highest BCUT2D eigenvalue weighted by atomic mass is 19.2. The first kappa shape index (κ1) is 28.9. The molecule has 4 aliphatic rings. The smallest absolute Gasteiger partial charge is 0.236 e. The highest BCUT2D eigenvalue weighted by molar-refractivity contribution is 6.05. The van der Waals surface area contributed by atoms with E-state index in [9.17, 15) is 18.4 Å². The summed E-state index contributed by atoms with van der Waals surface area (Å²) in [7, 11) is 1.50. The van der Waals surface area contributed by atoms with E-state index in [1.54, 1.807) is 23.2 Å². The molecule has 1 spiro atoms. The molecule has 1 saturated heterocycles. The number of amides is 2. The van der Waals surface area contributed by atoms with Gasteiger partial charge in [-0.15, -0.1) is 0 Å². The Labute approximate surface area is 239 Å². The maximum Gasteiger partial charge on any atom is 0.236 e. The number of benzene rings is 1. The number of likely N-dealkylation sites (tertiary alicyclic amines) is 1. The molecule has 8 nitrogen and oxygen atoms in total. The van der Waals surface area contributed by atoms with Gasteiger partial charge in [0.25, 0.3) is 0 Å². The lowest BCUT2D eigenvalue weighted by atomic mass is 9.74. The largest absolute Gasteiger partial charge is 0.345 e. The number of imidazole rings is 1. The number of hydrogen-bond acceptors (Lipinski definition) is 5. The molecule has 1 aromatic carbocycles. The van der Waals surface area contributed by atoms with Crippen LogP contribution >= 0.6 is 0 Å². The van der Waals surface area contributed by atoms with E-state index in [0.717, 1.165) is 55.9 Å². The molecular weight excluding hydrogens is 526 g/mol. The standard InChI is InChI=1S/C18H20F2N2.C12H13N3O2.CH5N/c19-16-5-2-4-15(18(16)20)13-3-1-6-17-21-10-14(22(17)11-13)9-12-7-8-12;16-8-15-6-3-12(4-7-15)9-2-1-5-13-10(9)14-11(12)17;1-2/h2,4-5,10,12-13H,1,3,6-9,11H2;1-2,5,8H,3-4,6-7H2,(H,13,14,17);2H2,1H3. The van der Waals surface area contributed by atoms with Gasteiger partial charge in [-0.2, -0.15) is 0 Å². The summed E-state index contributed by atoms with van der Waals surface area (Å²) >= 11 is 0. The van der Waals surface area contributed by atoms with Crippen LogP contribution in [0.2, 0.25) is 0 Å². The molecule has 3 aliphatic heterocycles. The van der Waals surface area contributed by atoms with Gasteiger partial charge in [-0.05, 0) is 75.6 Å². The molecule has 3 N–H and O–H groups in total. The Bertz CT molecular complexity index is 1380. The van der Waals surface area contributed by atoms with Crippen molar-refractivity contribution < 1.29 is 18.4 Å². The van der Waals surface area contributed by atoms with Gasteiger partial charge in [-0.3, -0.25) is 9.59 Å². The number of rotatable bonds is 4. The van der Waals surface area contributed by atoms with Crippen LogP contribution in [0.4, 0.5) is 14.6 Å². The number of aromatic nitrogens is 3. The van der Waals surface area contributed by atoms with Gasteiger partial charge in [0.1, 0.15) is 11.6 Å². The van der Waals surface area contributed by atoms with E-state index in [4.69, 9.17) is 0 Å². The summed E-state index contributed by atoms with van der Waals surface area (Å²) in [6.45, 7) is 1.98. The van der Waals surface area contributed by atoms with Gasteiger partial charge in [-0.1, -0.05) is 18.2 Å². The fourth-order valence-electron chi connectivity index (χ4n) is 6.31. The van der Waals surface area contributed by atoms with E-state index in [-0.39, 0.29) is 11.8 Å². The predicted molar refractivity (Wildman–Crippen MR) is 152 cm³/mol. The molecule has 41 heavy (non-hydrogen) atoms. The van der Waals surface area contributed by atoms with Crippen LogP contribution in [0.15, 0.2) is 42.7 Å². The second-order valence-corrected chi connectivity index (χ2v) is 11.2. The Hall–Kier alpha value is -3.66. The van der Waals surface area contributed by atoms with Crippen molar-refractivity contribution in [3.63, 3.8) is 0 Å². The number of carbonyl (C=O) groups is 2. The van der Waals surface area contributed by atoms with E-state index in [2.05, 4.69) is 25.6 Å². The molecule has 1 atom stereocenters. The summed E-state index contributed by atoms with van der Waals surface area (Å²) in [5, 5.41) is 2.83. The van der Waals surface area contributed by atoms with Crippen LogP contribution in [-0.4, -0.2) is 51.9 Å². The Morgan fingerprint density at radius 1 is 1.10 bits per heavy atom. The second kappa shape index (κ2) is 12.5. The third-order valence-corrected chi connectivity index (χ3v) is 8.78. The van der Waals surface area contributed by atoms with E-state index in [0.29, 0.717) is 37.3 Å². The first-order valence-electron chi connectivity index (χ1n) is 14.5. The predicted octanol–water partition coefficient (Wildman–Crippen LogP) is 4.33. The number of anilines is 1. The van der Waals surface area contributed by atoms with Crippen molar-refractivity contribution in [1.82, 2.24) is 19.4 Å². The van der Waals surface area contributed by atoms with Gasteiger partial charge in [0.2, 0.25) is 12.3 Å². The number of nitrogens with two attached hydrogens (primary N) is 1. The zero-order valence-corrected chi connectivity index (χ0v) is 23.5. The van der Waals surface area contributed by atoms with Gasteiger partial charge in [0.05, 0.1) is 5.41 Å². The van der Waals surface area contributed by atoms with Crippen molar-refractivity contribution in [2.75, 3.05) is 25.5 Å². The molecule has 1 saturated carbocycles. The first-order chi connectivity index (χ1) is 20.0. The number of piperidine rings is 1. The van der Waals surface area contributed by atoms with Crippen molar-refractivity contribution >= 4 is 18.1 Å². The summed E-state index contributed by atoms with van der Waals surface area (Å²) in [6, 6.07) is 8.34. The molecule has 1 aliphatic carbocycles. The summed E-state index contributed by atoms with van der Waals surface area (Å²) in [6.07, 6.45) is 12.3. The van der Waals surface area contributed by atoms with Crippen molar-refractivity contribution in [2.45, 2.75) is 69.2 Å². The quantitative estimate of drug-likeness (QED) is 0.459. The number of hydrogen-bond donors (Lipinski definition) is 2. The summed E-state index contributed by atoms with van der Waals surface area (Å²) < 4.78 is 29.9. The Balaban J connectivity index is 0.000000160. The summed E-state index contributed by atoms with van der Waals surface area (Å²) in [5.74, 6) is 1.21. The Morgan fingerprint density at radius 3 is 2.61 bits per heavy atom. The SMILES string of the molecule is CN.Fc1cccc(C2CCCc3ncc(CC4CC4)n3C2)c1F.O=CN1CCC2(CC1)C(=O)Nc1ncccc12. The number of fused-ring (bicyclic) bond motifs is 3. The van der Waals surface area contributed by atoms with Crippen LogP contribution in [0.5, 0.6) is 0 Å². The normalized spacial score (nSPS) is 20.4. The second-order valence-electron chi connectivity index (χ2n) is 11.2. The van der Waals surface area contributed by atoms with Gasteiger partial charge in [0.15, 0.2) is 11.6 Å². The highest BCUT2D eigenvalue weighted by Gasteiger charge is 2.48. The molecule has 2 aromatic heterocycles. The zero-order chi connectivity index (χ0) is 29.0. The van der Waals surface area contributed by atoms with Crippen molar-refractivity contribution in [1.29, 1.82) is 0 Å². The maximum absolute atomic E-state index is 14.1. The molecule has 0 radical (unpaired) electrons. The van der Waals surface area contributed by atoms with E-state index in [1.807, 2.05) is 18.3 Å². The maximum atomic E-state index is 14.1. The van der Waals surface area contributed by atoms with Crippen molar-refractivity contribution in [3.8, 4) is 0 Å². The lowest BCUT2D eigenvalue weighted by molar-refractivity contribution is -0.126. The third kappa shape index (κ3) is 5.88. The molecule has 218 valence electrons. The number of nitrogens with one attached hydrogen (secondary N) is 1. The molecular formula is C31H38F2N6O2. The topological polar surface area (TPSA) is 106 Å². The third-order valence-electron chi connectivity index (χ3n) is 8.78. The molecule has 5 heterocycles. The van der Waals surface area contributed by atoms with Crippen LogP contribution in [0.3, 0.4) is 0 Å². The Morgan fingerprint density at radius 2 is 1.88 bits per heavy atom. The first-order valence-corrected chi connectivity index (χ1v) is 14.5. The van der Waals surface area contributed by atoms with Crippen molar-refractivity contribution in [2.24, 2.45) is 11.7 Å².